The van der Waals surface area contributed by atoms with Crippen molar-refractivity contribution in [2.45, 2.75) is 25.5 Å². The standard InChI is InChI=1S/C22H18ClF2N3O3/c23-17-10-15(6-7-18(17)25)31-12-19-16(21(29)30)11-26-22(27-19)28-8-2-5-20(28)13-3-1-4-14(24)9-13/h1,3-4,6-7,9-11,20H,2,5,8,12H2,(H,29,30). The van der Waals surface area contributed by atoms with E-state index in [1.807, 2.05) is 11.0 Å². The fraction of sp³-hybridized carbons (Fsp3) is 0.227. The van der Waals surface area contributed by atoms with Crippen molar-refractivity contribution in [2.75, 3.05) is 11.4 Å². The first kappa shape index (κ1) is 21.0. The summed E-state index contributed by atoms with van der Waals surface area (Å²) in [6, 6.07) is 10.1. The summed E-state index contributed by atoms with van der Waals surface area (Å²) in [5.41, 5.74) is 0.878. The monoisotopic (exact) mass is 445 g/mol. The highest BCUT2D eigenvalue weighted by Crippen LogP contribution is 2.35. The summed E-state index contributed by atoms with van der Waals surface area (Å²) < 4.78 is 32.6. The van der Waals surface area contributed by atoms with E-state index in [9.17, 15) is 18.7 Å². The summed E-state index contributed by atoms with van der Waals surface area (Å²) in [6.07, 6.45) is 2.90. The van der Waals surface area contributed by atoms with Gasteiger partial charge in [0.05, 0.1) is 16.8 Å². The van der Waals surface area contributed by atoms with E-state index in [1.165, 1.54) is 30.5 Å². The Morgan fingerprint density at radius 1 is 1.26 bits per heavy atom. The molecular weight excluding hydrogens is 428 g/mol. The Bertz CT molecular complexity index is 1130. The van der Waals surface area contributed by atoms with E-state index >= 15 is 0 Å². The number of hydrogen-bond acceptors (Lipinski definition) is 5. The van der Waals surface area contributed by atoms with E-state index in [2.05, 4.69) is 9.97 Å². The fourth-order valence-electron chi connectivity index (χ4n) is 3.62. The van der Waals surface area contributed by atoms with Crippen molar-refractivity contribution in [1.29, 1.82) is 0 Å². The molecule has 1 unspecified atom stereocenters. The van der Waals surface area contributed by atoms with Crippen LogP contribution in [0.2, 0.25) is 5.02 Å². The van der Waals surface area contributed by atoms with Crippen molar-refractivity contribution in [3.8, 4) is 5.75 Å². The predicted molar refractivity (Wildman–Crippen MR) is 110 cm³/mol. The molecule has 6 nitrogen and oxygen atoms in total. The summed E-state index contributed by atoms with van der Waals surface area (Å²) in [6.45, 7) is 0.485. The second kappa shape index (κ2) is 8.85. The molecule has 0 radical (unpaired) electrons. The maximum absolute atomic E-state index is 13.7. The highest BCUT2D eigenvalue weighted by Gasteiger charge is 2.29. The van der Waals surface area contributed by atoms with Gasteiger partial charge in [0.25, 0.3) is 0 Å². The van der Waals surface area contributed by atoms with Gasteiger partial charge >= 0.3 is 5.97 Å². The minimum atomic E-state index is -1.19. The number of carboxylic acid groups (broad SMARTS) is 1. The van der Waals surface area contributed by atoms with Gasteiger partial charge in [0, 0.05) is 18.8 Å². The second-order valence-corrected chi connectivity index (χ2v) is 7.51. The lowest BCUT2D eigenvalue weighted by Gasteiger charge is -2.25. The number of ether oxygens (including phenoxy) is 1. The zero-order valence-electron chi connectivity index (χ0n) is 16.3. The van der Waals surface area contributed by atoms with E-state index in [0.29, 0.717) is 12.5 Å². The number of benzene rings is 2. The van der Waals surface area contributed by atoms with Crippen molar-refractivity contribution in [2.24, 2.45) is 0 Å². The Kier molecular flexibility index (Phi) is 5.99. The van der Waals surface area contributed by atoms with Crippen LogP contribution in [0.15, 0.2) is 48.7 Å². The van der Waals surface area contributed by atoms with Crippen LogP contribution in [-0.2, 0) is 6.61 Å². The van der Waals surface area contributed by atoms with Crippen molar-refractivity contribution in [3.63, 3.8) is 0 Å². The summed E-state index contributed by atoms with van der Waals surface area (Å²) >= 11 is 5.77. The summed E-state index contributed by atoms with van der Waals surface area (Å²) in [4.78, 5) is 22.2. The van der Waals surface area contributed by atoms with Crippen molar-refractivity contribution >= 4 is 23.5 Å². The summed E-state index contributed by atoms with van der Waals surface area (Å²) in [5.74, 6) is -1.47. The highest BCUT2D eigenvalue weighted by molar-refractivity contribution is 6.30. The molecule has 0 amide bonds. The van der Waals surface area contributed by atoms with Crippen LogP contribution >= 0.6 is 11.6 Å². The molecule has 1 aliphatic heterocycles. The minimum Gasteiger partial charge on any atom is -0.487 e. The number of anilines is 1. The lowest BCUT2D eigenvalue weighted by Crippen LogP contribution is -2.26. The molecule has 1 saturated heterocycles. The average molecular weight is 446 g/mol. The second-order valence-electron chi connectivity index (χ2n) is 7.11. The molecule has 0 aliphatic carbocycles. The number of halogens is 3. The first-order valence-electron chi connectivity index (χ1n) is 9.61. The van der Waals surface area contributed by atoms with Gasteiger partial charge in [-0.05, 0) is 42.7 Å². The van der Waals surface area contributed by atoms with Crippen molar-refractivity contribution in [3.05, 3.63) is 82.1 Å². The van der Waals surface area contributed by atoms with Crippen molar-refractivity contribution < 1.29 is 23.4 Å². The fourth-order valence-corrected chi connectivity index (χ4v) is 3.79. The van der Waals surface area contributed by atoms with Gasteiger partial charge in [-0.25, -0.2) is 23.5 Å². The van der Waals surface area contributed by atoms with E-state index in [-0.39, 0.29) is 40.5 Å². The van der Waals surface area contributed by atoms with E-state index in [0.717, 1.165) is 24.5 Å². The lowest BCUT2D eigenvalue weighted by atomic mass is 10.0. The summed E-state index contributed by atoms with van der Waals surface area (Å²) in [5, 5.41) is 9.40. The molecule has 0 spiro atoms. The van der Waals surface area contributed by atoms with Gasteiger partial charge in [0.2, 0.25) is 5.95 Å². The Hall–Kier alpha value is -3.26. The Balaban J connectivity index is 1.61. The SMILES string of the molecule is O=C(O)c1cnc(N2CCCC2c2cccc(F)c2)nc1COc1ccc(F)c(Cl)c1. The lowest BCUT2D eigenvalue weighted by molar-refractivity contribution is 0.0692. The Morgan fingerprint density at radius 2 is 2.10 bits per heavy atom. The van der Waals surface area contributed by atoms with Gasteiger partial charge in [0.15, 0.2) is 0 Å². The number of aromatic carboxylic acids is 1. The summed E-state index contributed by atoms with van der Waals surface area (Å²) in [7, 11) is 0. The third-order valence-electron chi connectivity index (χ3n) is 5.10. The number of hydrogen-bond donors (Lipinski definition) is 1. The molecule has 1 atom stereocenters. The molecule has 2 aromatic carbocycles. The third kappa shape index (κ3) is 4.59. The van der Waals surface area contributed by atoms with Crippen LogP contribution in [0.1, 0.15) is 40.5 Å². The maximum Gasteiger partial charge on any atom is 0.339 e. The molecule has 1 N–H and O–H groups in total. The molecule has 1 aliphatic rings. The van der Waals surface area contributed by atoms with Gasteiger partial charge < -0.3 is 14.7 Å². The topological polar surface area (TPSA) is 75.5 Å². The van der Waals surface area contributed by atoms with Gasteiger partial charge in [0.1, 0.15) is 29.6 Å². The largest absolute Gasteiger partial charge is 0.487 e. The van der Waals surface area contributed by atoms with E-state index in [4.69, 9.17) is 16.3 Å². The van der Waals surface area contributed by atoms with Crippen molar-refractivity contribution in [1.82, 2.24) is 9.97 Å². The molecule has 3 aromatic rings. The average Bonchev–Trinajstić information content (AvgIpc) is 3.24. The first-order chi connectivity index (χ1) is 14.9. The molecule has 1 aromatic heterocycles. The number of carbonyl (C=O) groups is 1. The van der Waals surface area contributed by atoms with Gasteiger partial charge in [-0.1, -0.05) is 23.7 Å². The van der Waals surface area contributed by atoms with Crippen LogP contribution in [0.4, 0.5) is 14.7 Å². The zero-order chi connectivity index (χ0) is 22.0. The molecule has 4 rings (SSSR count). The predicted octanol–water partition coefficient (Wildman–Crippen LogP) is 5.03. The Morgan fingerprint density at radius 3 is 2.84 bits per heavy atom. The van der Waals surface area contributed by atoms with Crippen LogP contribution in [0.5, 0.6) is 5.75 Å². The smallest absolute Gasteiger partial charge is 0.339 e. The van der Waals surface area contributed by atoms with Gasteiger partial charge in [-0.15, -0.1) is 0 Å². The molecular formula is C22H18ClF2N3O3. The van der Waals surface area contributed by atoms with Crippen LogP contribution in [0.25, 0.3) is 0 Å². The minimum absolute atomic E-state index is 0.0986. The van der Waals surface area contributed by atoms with E-state index < -0.39 is 11.8 Å². The van der Waals surface area contributed by atoms with Crippen LogP contribution in [0.3, 0.4) is 0 Å². The molecule has 160 valence electrons. The van der Waals surface area contributed by atoms with Gasteiger partial charge in [-0.2, -0.15) is 0 Å². The number of carboxylic acids is 1. The first-order valence-corrected chi connectivity index (χ1v) is 9.99. The third-order valence-corrected chi connectivity index (χ3v) is 5.38. The number of aromatic nitrogens is 2. The van der Waals surface area contributed by atoms with E-state index in [1.54, 1.807) is 6.07 Å². The van der Waals surface area contributed by atoms with Crippen LogP contribution in [-0.4, -0.2) is 27.6 Å². The zero-order valence-corrected chi connectivity index (χ0v) is 17.0. The number of rotatable bonds is 6. The molecule has 1 fully saturated rings. The highest BCUT2D eigenvalue weighted by atomic mass is 35.5. The maximum atomic E-state index is 13.7. The van der Waals surface area contributed by atoms with Crippen LogP contribution in [0, 0.1) is 11.6 Å². The normalized spacial score (nSPS) is 15.8. The molecule has 31 heavy (non-hydrogen) atoms. The quantitative estimate of drug-likeness (QED) is 0.573. The Labute approximate surface area is 182 Å². The molecule has 2 heterocycles. The van der Waals surface area contributed by atoms with Gasteiger partial charge in [-0.3, -0.25) is 0 Å². The molecule has 9 heteroatoms. The van der Waals surface area contributed by atoms with Crippen LogP contribution < -0.4 is 9.64 Å². The molecule has 0 saturated carbocycles. The molecule has 0 bridgehead atoms. The number of nitrogens with zero attached hydrogens (tertiary/aromatic N) is 3.